The molecule has 8 heteroatoms. The average molecular weight is 455 g/mol. The molecule has 0 saturated heterocycles. The SMILES string of the molecule is CCn1nc(C2CC2)cc1Nc1n[nH]c2cc([C@@H]3C[C@@]34C(=O)Nc3ccc(OC)cc34)ccc12. The van der Waals surface area contributed by atoms with Crippen molar-refractivity contribution < 1.29 is 9.53 Å². The summed E-state index contributed by atoms with van der Waals surface area (Å²) in [6, 6.07) is 14.3. The van der Waals surface area contributed by atoms with Crippen molar-refractivity contribution in [3.05, 3.63) is 59.3 Å². The van der Waals surface area contributed by atoms with Crippen LogP contribution in [0.4, 0.5) is 17.3 Å². The van der Waals surface area contributed by atoms with Crippen molar-refractivity contribution in [3.63, 3.8) is 0 Å². The molecule has 2 aromatic heterocycles. The van der Waals surface area contributed by atoms with Crippen molar-refractivity contribution in [2.45, 2.75) is 50.0 Å². The number of hydrogen-bond donors (Lipinski definition) is 3. The van der Waals surface area contributed by atoms with E-state index >= 15 is 0 Å². The topological polar surface area (TPSA) is 96.9 Å². The van der Waals surface area contributed by atoms with Gasteiger partial charge in [-0.25, -0.2) is 4.68 Å². The second-order valence-electron chi connectivity index (χ2n) is 9.64. The molecule has 1 amide bonds. The number of aryl methyl sites for hydroxylation is 1. The van der Waals surface area contributed by atoms with Gasteiger partial charge in [0.25, 0.3) is 0 Å². The number of fused-ring (bicyclic) bond motifs is 3. The molecule has 2 fully saturated rings. The summed E-state index contributed by atoms with van der Waals surface area (Å²) in [5.41, 5.74) is 4.68. The van der Waals surface area contributed by atoms with E-state index < -0.39 is 5.41 Å². The fourth-order valence-corrected chi connectivity index (χ4v) is 5.53. The van der Waals surface area contributed by atoms with E-state index in [2.05, 4.69) is 52.0 Å². The van der Waals surface area contributed by atoms with E-state index in [-0.39, 0.29) is 11.8 Å². The second-order valence-corrected chi connectivity index (χ2v) is 9.64. The predicted molar refractivity (Wildman–Crippen MR) is 130 cm³/mol. The highest BCUT2D eigenvalue weighted by Crippen LogP contribution is 2.65. The molecule has 34 heavy (non-hydrogen) atoms. The largest absolute Gasteiger partial charge is 0.497 e. The van der Waals surface area contributed by atoms with Crippen molar-refractivity contribution in [2.24, 2.45) is 0 Å². The summed E-state index contributed by atoms with van der Waals surface area (Å²) in [5, 5.41) is 20.0. The molecule has 2 saturated carbocycles. The van der Waals surface area contributed by atoms with Crippen LogP contribution in [-0.2, 0) is 16.8 Å². The van der Waals surface area contributed by atoms with E-state index in [1.54, 1.807) is 7.11 Å². The van der Waals surface area contributed by atoms with E-state index in [4.69, 9.17) is 9.84 Å². The monoisotopic (exact) mass is 454 g/mol. The van der Waals surface area contributed by atoms with E-state index in [0.29, 0.717) is 5.92 Å². The molecule has 3 heterocycles. The Labute approximate surface area is 196 Å². The molecular weight excluding hydrogens is 428 g/mol. The van der Waals surface area contributed by atoms with Crippen LogP contribution >= 0.6 is 0 Å². The zero-order chi connectivity index (χ0) is 23.0. The number of hydrogen-bond acceptors (Lipinski definition) is 5. The molecule has 4 aromatic rings. The number of aromatic nitrogens is 4. The number of anilines is 3. The molecule has 172 valence electrons. The minimum Gasteiger partial charge on any atom is -0.497 e. The van der Waals surface area contributed by atoms with Crippen molar-refractivity contribution >= 4 is 34.1 Å². The maximum Gasteiger partial charge on any atom is 0.235 e. The van der Waals surface area contributed by atoms with Gasteiger partial charge in [0.05, 0.1) is 23.7 Å². The maximum atomic E-state index is 13.0. The number of nitrogens with one attached hydrogen (secondary N) is 3. The van der Waals surface area contributed by atoms with Gasteiger partial charge in [-0.2, -0.15) is 10.2 Å². The Hall–Kier alpha value is -3.81. The van der Waals surface area contributed by atoms with Gasteiger partial charge in [-0.15, -0.1) is 0 Å². The van der Waals surface area contributed by atoms with Crippen molar-refractivity contribution in [1.82, 2.24) is 20.0 Å². The Bertz CT molecular complexity index is 1470. The van der Waals surface area contributed by atoms with Crippen LogP contribution in [0.3, 0.4) is 0 Å². The molecule has 3 aliphatic rings. The van der Waals surface area contributed by atoms with Gasteiger partial charge in [0.1, 0.15) is 11.6 Å². The Kier molecular flexibility index (Phi) is 3.96. The van der Waals surface area contributed by atoms with Gasteiger partial charge in [0.15, 0.2) is 5.82 Å². The number of rotatable bonds is 6. The summed E-state index contributed by atoms with van der Waals surface area (Å²) in [6.07, 6.45) is 3.25. The first-order valence-corrected chi connectivity index (χ1v) is 11.9. The lowest BCUT2D eigenvalue weighted by Crippen LogP contribution is -2.21. The summed E-state index contributed by atoms with van der Waals surface area (Å²) in [7, 11) is 1.65. The van der Waals surface area contributed by atoms with Gasteiger partial charge >= 0.3 is 0 Å². The van der Waals surface area contributed by atoms with Crippen molar-refractivity contribution in [3.8, 4) is 5.75 Å². The Morgan fingerprint density at radius 3 is 2.88 bits per heavy atom. The maximum absolute atomic E-state index is 13.0. The zero-order valence-corrected chi connectivity index (χ0v) is 19.2. The van der Waals surface area contributed by atoms with Crippen LogP contribution in [0.2, 0.25) is 0 Å². The smallest absolute Gasteiger partial charge is 0.235 e. The number of nitrogens with zero attached hydrogens (tertiary/aromatic N) is 3. The summed E-state index contributed by atoms with van der Waals surface area (Å²) in [4.78, 5) is 13.0. The number of ether oxygens (including phenoxy) is 1. The molecule has 2 aromatic carbocycles. The fourth-order valence-electron chi connectivity index (χ4n) is 5.53. The lowest BCUT2D eigenvalue weighted by atomic mass is 9.91. The fraction of sp³-hybridized carbons (Fsp3) is 0.346. The Morgan fingerprint density at radius 2 is 2.09 bits per heavy atom. The van der Waals surface area contributed by atoms with Crippen LogP contribution in [0.5, 0.6) is 5.75 Å². The van der Waals surface area contributed by atoms with E-state index in [1.165, 1.54) is 12.8 Å². The molecule has 7 rings (SSSR count). The molecule has 3 N–H and O–H groups in total. The third-order valence-corrected chi connectivity index (χ3v) is 7.65. The normalized spacial score (nSPS) is 22.8. The highest BCUT2D eigenvalue weighted by Gasteiger charge is 2.65. The van der Waals surface area contributed by atoms with Crippen LogP contribution in [0.1, 0.15) is 54.8 Å². The number of carbonyl (C=O) groups excluding carboxylic acids is 1. The average Bonchev–Trinajstić information content (AvgIpc) is 3.74. The quantitative estimate of drug-likeness (QED) is 0.389. The minimum absolute atomic E-state index is 0.0760. The first kappa shape index (κ1) is 19.6. The predicted octanol–water partition coefficient (Wildman–Crippen LogP) is 4.79. The number of benzene rings is 2. The molecule has 0 unspecified atom stereocenters. The van der Waals surface area contributed by atoms with Crippen LogP contribution in [0.15, 0.2) is 42.5 Å². The number of carbonyl (C=O) groups is 1. The lowest BCUT2D eigenvalue weighted by molar-refractivity contribution is -0.118. The first-order chi connectivity index (χ1) is 16.6. The van der Waals surface area contributed by atoms with Gasteiger partial charge < -0.3 is 15.4 Å². The molecule has 0 radical (unpaired) electrons. The van der Waals surface area contributed by atoms with E-state index in [9.17, 15) is 4.79 Å². The van der Waals surface area contributed by atoms with E-state index in [1.807, 2.05) is 22.9 Å². The van der Waals surface area contributed by atoms with Gasteiger partial charge in [0, 0.05) is 35.5 Å². The Morgan fingerprint density at radius 1 is 1.21 bits per heavy atom. The molecule has 2 atom stereocenters. The van der Waals surface area contributed by atoms with Crippen LogP contribution in [-0.4, -0.2) is 33.0 Å². The summed E-state index contributed by atoms with van der Waals surface area (Å²) in [5.74, 6) is 3.35. The number of H-pyrrole nitrogens is 1. The second kappa shape index (κ2) is 6.85. The number of methoxy groups -OCH3 is 1. The standard InChI is InChI=1S/C26H26N6O2/c1-3-32-23(12-21(31-32)14-4-5-14)28-24-17-8-6-15(10-22(17)29-30-24)19-13-26(19)18-11-16(34-2)7-9-20(18)27-25(26)33/h6-12,14,19H,3-5,13H2,1-2H3,(H,27,33)(H2,28,29,30)/t19-,26-/m0/s1. The van der Waals surface area contributed by atoms with E-state index in [0.717, 1.165) is 63.8 Å². The molecule has 8 nitrogen and oxygen atoms in total. The van der Waals surface area contributed by atoms with Gasteiger partial charge in [-0.1, -0.05) is 6.07 Å². The molecular formula is C26H26N6O2. The Balaban J connectivity index is 1.19. The van der Waals surface area contributed by atoms with Crippen LogP contribution in [0.25, 0.3) is 10.9 Å². The molecule has 1 aliphatic heterocycles. The van der Waals surface area contributed by atoms with Gasteiger partial charge in [-0.05, 0) is 67.6 Å². The number of aromatic amines is 1. The summed E-state index contributed by atoms with van der Waals surface area (Å²) < 4.78 is 7.42. The van der Waals surface area contributed by atoms with Gasteiger partial charge in [0.2, 0.25) is 5.91 Å². The molecule has 1 spiro atoms. The highest BCUT2D eigenvalue weighted by atomic mass is 16.5. The van der Waals surface area contributed by atoms with Crippen LogP contribution < -0.4 is 15.4 Å². The third-order valence-electron chi connectivity index (χ3n) is 7.65. The van der Waals surface area contributed by atoms with Crippen molar-refractivity contribution in [2.75, 3.05) is 17.7 Å². The van der Waals surface area contributed by atoms with Crippen LogP contribution in [0, 0.1) is 0 Å². The summed E-state index contributed by atoms with van der Waals surface area (Å²) >= 11 is 0. The third kappa shape index (κ3) is 2.74. The summed E-state index contributed by atoms with van der Waals surface area (Å²) in [6.45, 7) is 2.90. The van der Waals surface area contributed by atoms with Gasteiger partial charge in [-0.3, -0.25) is 9.89 Å². The number of amides is 1. The first-order valence-electron chi connectivity index (χ1n) is 11.9. The minimum atomic E-state index is -0.508. The highest BCUT2D eigenvalue weighted by molar-refractivity contribution is 6.10. The molecule has 2 aliphatic carbocycles. The zero-order valence-electron chi connectivity index (χ0n) is 19.2. The molecule has 0 bridgehead atoms. The van der Waals surface area contributed by atoms with Crippen molar-refractivity contribution in [1.29, 1.82) is 0 Å². The lowest BCUT2D eigenvalue weighted by Gasteiger charge is -2.10.